The van der Waals surface area contributed by atoms with Crippen LogP contribution in [0.5, 0.6) is 0 Å². The molecule has 22 heavy (non-hydrogen) atoms. The molecule has 0 bridgehead atoms. The molecule has 4 nitrogen and oxygen atoms in total. The molecule has 0 saturated carbocycles. The largest absolute Gasteiger partial charge is 0.394 e. The maximum absolute atomic E-state index is 9.19. The van der Waals surface area contributed by atoms with Gasteiger partial charge in [-0.15, -0.1) is 0 Å². The van der Waals surface area contributed by atoms with Crippen molar-refractivity contribution in [3.63, 3.8) is 0 Å². The molecule has 136 valence electrons. The quantitative estimate of drug-likeness (QED) is 0.415. The second kappa shape index (κ2) is 14.4. The van der Waals surface area contributed by atoms with Crippen LogP contribution in [-0.2, 0) is 0 Å². The first-order valence-electron chi connectivity index (χ1n) is 9.16. The average molecular weight is 319 g/mol. The molecule has 0 aromatic carbocycles. The van der Waals surface area contributed by atoms with E-state index in [1.165, 1.54) is 12.8 Å². The lowest BCUT2D eigenvalue weighted by molar-refractivity contribution is 0.172. The van der Waals surface area contributed by atoms with E-state index in [2.05, 4.69) is 20.8 Å². The standard InChI is InChI=1S/C11H25NO.C7H17NO/c1-3-5-7-9-11(12,10-13)8-6-4-2;1-3-5-7(8,4-2)6-9/h13H,3-10,12H2,1-2H3;9H,3-6,8H2,1-2H3. The summed E-state index contributed by atoms with van der Waals surface area (Å²) in [4.78, 5) is 0. The van der Waals surface area contributed by atoms with E-state index in [1.807, 2.05) is 6.92 Å². The zero-order valence-corrected chi connectivity index (χ0v) is 15.5. The van der Waals surface area contributed by atoms with Crippen molar-refractivity contribution in [2.75, 3.05) is 13.2 Å². The Hall–Kier alpha value is -0.160. The van der Waals surface area contributed by atoms with Crippen molar-refractivity contribution < 1.29 is 10.2 Å². The van der Waals surface area contributed by atoms with Gasteiger partial charge in [-0.25, -0.2) is 0 Å². The van der Waals surface area contributed by atoms with E-state index in [1.54, 1.807) is 0 Å². The number of aliphatic hydroxyl groups is 2. The minimum atomic E-state index is -0.311. The Morgan fingerprint density at radius 1 is 0.636 bits per heavy atom. The lowest BCUT2D eigenvalue weighted by Gasteiger charge is -2.27. The van der Waals surface area contributed by atoms with Gasteiger partial charge in [-0.05, 0) is 25.7 Å². The predicted octanol–water partition coefficient (Wildman–Crippen LogP) is 3.33. The molecule has 0 heterocycles. The first-order valence-corrected chi connectivity index (χ1v) is 9.16. The van der Waals surface area contributed by atoms with Crippen LogP contribution in [0, 0.1) is 0 Å². The fraction of sp³-hybridized carbons (Fsp3) is 1.00. The van der Waals surface area contributed by atoms with E-state index in [0.29, 0.717) is 0 Å². The Morgan fingerprint density at radius 3 is 1.45 bits per heavy atom. The highest BCUT2D eigenvalue weighted by atomic mass is 16.3. The Bertz CT molecular complexity index is 233. The molecule has 0 aliphatic carbocycles. The SMILES string of the molecule is CCCC(N)(CC)CO.CCCCCC(N)(CO)CCCC. The first-order chi connectivity index (χ1) is 10.4. The summed E-state index contributed by atoms with van der Waals surface area (Å²) in [6, 6.07) is 0. The fourth-order valence-electron chi connectivity index (χ4n) is 2.40. The molecule has 4 heteroatoms. The number of aliphatic hydroxyl groups excluding tert-OH is 2. The molecule has 0 amide bonds. The van der Waals surface area contributed by atoms with E-state index >= 15 is 0 Å². The van der Waals surface area contributed by atoms with E-state index in [9.17, 15) is 5.11 Å². The average Bonchev–Trinajstić information content (AvgIpc) is 2.54. The molecule has 0 saturated heterocycles. The van der Waals surface area contributed by atoms with Crippen LogP contribution in [0.15, 0.2) is 0 Å². The molecular formula is C18H42N2O2. The molecule has 0 radical (unpaired) electrons. The number of rotatable bonds is 12. The van der Waals surface area contributed by atoms with Crippen LogP contribution in [0.1, 0.15) is 91.9 Å². The van der Waals surface area contributed by atoms with E-state index in [0.717, 1.165) is 51.4 Å². The molecule has 0 aromatic rings. The minimum Gasteiger partial charge on any atom is -0.394 e. The van der Waals surface area contributed by atoms with E-state index < -0.39 is 0 Å². The summed E-state index contributed by atoms with van der Waals surface area (Å²) in [5.74, 6) is 0. The number of unbranched alkanes of at least 4 members (excludes halogenated alkanes) is 3. The van der Waals surface area contributed by atoms with Gasteiger partial charge in [0, 0.05) is 11.1 Å². The normalized spacial score (nSPS) is 16.4. The zero-order chi connectivity index (χ0) is 17.5. The van der Waals surface area contributed by atoms with Gasteiger partial charge in [0.05, 0.1) is 13.2 Å². The summed E-state index contributed by atoms with van der Waals surface area (Å²) in [5, 5.41) is 18.0. The van der Waals surface area contributed by atoms with Crippen LogP contribution >= 0.6 is 0 Å². The monoisotopic (exact) mass is 318 g/mol. The molecular weight excluding hydrogens is 276 g/mol. The third-order valence-electron chi connectivity index (χ3n) is 4.39. The summed E-state index contributed by atoms with van der Waals surface area (Å²) < 4.78 is 0. The molecule has 6 N–H and O–H groups in total. The van der Waals surface area contributed by atoms with E-state index in [-0.39, 0.29) is 24.3 Å². The molecule has 0 fully saturated rings. The van der Waals surface area contributed by atoms with Crippen LogP contribution in [0.3, 0.4) is 0 Å². The topological polar surface area (TPSA) is 92.5 Å². The van der Waals surface area contributed by atoms with E-state index in [4.69, 9.17) is 16.6 Å². The molecule has 0 spiro atoms. The number of hydrogen-bond acceptors (Lipinski definition) is 4. The van der Waals surface area contributed by atoms with Crippen LogP contribution in [0.25, 0.3) is 0 Å². The van der Waals surface area contributed by atoms with Crippen LogP contribution in [-0.4, -0.2) is 34.5 Å². The Labute approximate surface area is 138 Å². The molecule has 2 unspecified atom stereocenters. The van der Waals surface area contributed by atoms with Crippen molar-refractivity contribution >= 4 is 0 Å². The first kappa shape index (κ1) is 24.1. The maximum Gasteiger partial charge on any atom is 0.0611 e. The van der Waals surface area contributed by atoms with Gasteiger partial charge in [0.1, 0.15) is 0 Å². The highest BCUT2D eigenvalue weighted by Crippen LogP contribution is 2.18. The Balaban J connectivity index is 0. The van der Waals surface area contributed by atoms with Crippen molar-refractivity contribution in [1.82, 2.24) is 0 Å². The summed E-state index contributed by atoms with van der Waals surface area (Å²) in [5.41, 5.74) is 11.2. The lowest BCUT2D eigenvalue weighted by Crippen LogP contribution is -2.43. The van der Waals surface area contributed by atoms with Crippen molar-refractivity contribution in [3.05, 3.63) is 0 Å². The fourth-order valence-corrected chi connectivity index (χ4v) is 2.40. The van der Waals surface area contributed by atoms with Gasteiger partial charge < -0.3 is 21.7 Å². The summed E-state index contributed by atoms with van der Waals surface area (Å²) >= 11 is 0. The van der Waals surface area contributed by atoms with Crippen molar-refractivity contribution in [2.24, 2.45) is 11.5 Å². The molecule has 0 aromatic heterocycles. The van der Waals surface area contributed by atoms with Gasteiger partial charge in [0.2, 0.25) is 0 Å². The third kappa shape index (κ3) is 12.4. The van der Waals surface area contributed by atoms with Crippen LogP contribution in [0.4, 0.5) is 0 Å². The zero-order valence-electron chi connectivity index (χ0n) is 15.5. The second-order valence-electron chi connectivity index (χ2n) is 6.71. The highest BCUT2D eigenvalue weighted by Gasteiger charge is 2.22. The van der Waals surface area contributed by atoms with Gasteiger partial charge in [-0.2, -0.15) is 0 Å². The summed E-state index contributed by atoms with van der Waals surface area (Å²) in [7, 11) is 0. The Kier molecular flexibility index (Phi) is 15.8. The highest BCUT2D eigenvalue weighted by molar-refractivity contribution is 4.82. The number of hydrogen-bond donors (Lipinski definition) is 4. The molecule has 0 aliphatic rings. The van der Waals surface area contributed by atoms with Crippen molar-refractivity contribution in [1.29, 1.82) is 0 Å². The predicted molar refractivity (Wildman–Crippen MR) is 96.9 cm³/mol. The van der Waals surface area contributed by atoms with Gasteiger partial charge in [-0.3, -0.25) is 0 Å². The summed E-state index contributed by atoms with van der Waals surface area (Å²) in [6.07, 6.45) is 10.6. The molecule has 2 atom stereocenters. The van der Waals surface area contributed by atoms with Gasteiger partial charge in [0.15, 0.2) is 0 Å². The Morgan fingerprint density at radius 2 is 1.14 bits per heavy atom. The number of nitrogens with two attached hydrogens (primary N) is 2. The van der Waals surface area contributed by atoms with Crippen molar-refractivity contribution in [3.8, 4) is 0 Å². The smallest absolute Gasteiger partial charge is 0.0611 e. The lowest BCUT2D eigenvalue weighted by atomic mass is 9.89. The third-order valence-corrected chi connectivity index (χ3v) is 4.39. The van der Waals surface area contributed by atoms with Gasteiger partial charge in [-0.1, -0.05) is 66.2 Å². The van der Waals surface area contributed by atoms with Crippen LogP contribution < -0.4 is 11.5 Å². The van der Waals surface area contributed by atoms with Gasteiger partial charge in [0.25, 0.3) is 0 Å². The molecule has 0 rings (SSSR count). The van der Waals surface area contributed by atoms with Gasteiger partial charge >= 0.3 is 0 Å². The minimum absolute atomic E-state index is 0.108. The summed E-state index contributed by atoms with van der Waals surface area (Å²) in [6.45, 7) is 8.67. The van der Waals surface area contributed by atoms with Crippen LogP contribution in [0.2, 0.25) is 0 Å². The maximum atomic E-state index is 9.19. The molecule has 0 aliphatic heterocycles. The second-order valence-corrected chi connectivity index (χ2v) is 6.71. The van der Waals surface area contributed by atoms with Crippen molar-refractivity contribution in [2.45, 2.75) is 103 Å².